The molecule has 1 aliphatic rings. The van der Waals surface area contributed by atoms with E-state index in [2.05, 4.69) is 6.92 Å². The number of amides is 3. The number of carbonyl (C=O) groups is 3. The largest absolute Gasteiger partial charge is 0.332 e. The van der Waals surface area contributed by atoms with Crippen LogP contribution in [0.1, 0.15) is 51.9 Å². The lowest BCUT2D eigenvalue weighted by atomic mass is 10.1. The summed E-state index contributed by atoms with van der Waals surface area (Å²) in [7, 11) is 3.89. The molecule has 0 aliphatic carbocycles. The molecule has 0 unspecified atom stereocenters. The summed E-state index contributed by atoms with van der Waals surface area (Å²) >= 11 is 5.93. The van der Waals surface area contributed by atoms with Crippen LogP contribution in [0, 0.1) is 0 Å². The molecule has 1 aromatic carbocycles. The number of rotatable bonds is 13. The first-order valence-electron chi connectivity index (χ1n) is 11.6. The summed E-state index contributed by atoms with van der Waals surface area (Å²) in [6, 6.07) is 6.97. The summed E-state index contributed by atoms with van der Waals surface area (Å²) in [5.74, 6) is -0.334. The van der Waals surface area contributed by atoms with Crippen LogP contribution in [0.3, 0.4) is 0 Å². The van der Waals surface area contributed by atoms with Gasteiger partial charge in [-0.1, -0.05) is 50.6 Å². The quantitative estimate of drug-likeness (QED) is 0.418. The van der Waals surface area contributed by atoms with Crippen LogP contribution < -0.4 is 4.90 Å². The first-order chi connectivity index (χ1) is 15.3. The lowest BCUT2D eigenvalue weighted by Gasteiger charge is -2.26. The number of nitrogens with zero attached hydrogens (tertiary/aromatic N) is 4. The van der Waals surface area contributed by atoms with Crippen molar-refractivity contribution in [3.05, 3.63) is 29.3 Å². The van der Waals surface area contributed by atoms with Gasteiger partial charge in [-0.15, -0.1) is 0 Å². The molecule has 8 heteroatoms. The normalized spacial score (nSPS) is 13.8. The van der Waals surface area contributed by atoms with Crippen molar-refractivity contribution in [3.8, 4) is 0 Å². The molecule has 1 saturated heterocycles. The molecule has 7 nitrogen and oxygen atoms in total. The molecule has 1 heterocycles. The highest BCUT2D eigenvalue weighted by Crippen LogP contribution is 2.22. The fourth-order valence-corrected chi connectivity index (χ4v) is 3.78. The molecule has 3 amide bonds. The maximum atomic E-state index is 12.9. The first-order valence-corrected chi connectivity index (χ1v) is 12.0. The molecule has 0 atom stereocenters. The Labute approximate surface area is 197 Å². The van der Waals surface area contributed by atoms with E-state index in [-0.39, 0.29) is 37.5 Å². The molecule has 32 heavy (non-hydrogen) atoms. The lowest BCUT2D eigenvalue weighted by molar-refractivity contribution is -0.140. The Balaban J connectivity index is 1.91. The Morgan fingerprint density at radius 1 is 1.00 bits per heavy atom. The van der Waals surface area contributed by atoms with E-state index in [9.17, 15) is 14.4 Å². The average molecular weight is 465 g/mol. The Morgan fingerprint density at radius 2 is 1.66 bits per heavy atom. The summed E-state index contributed by atoms with van der Waals surface area (Å²) in [4.78, 5) is 45.0. The zero-order valence-electron chi connectivity index (χ0n) is 19.7. The van der Waals surface area contributed by atoms with Gasteiger partial charge in [-0.25, -0.2) is 0 Å². The van der Waals surface area contributed by atoms with Crippen LogP contribution >= 0.6 is 11.6 Å². The number of likely N-dealkylation sites (N-methyl/N-ethyl adjacent to an activating group) is 1. The average Bonchev–Trinajstić information content (AvgIpc) is 3.15. The Bertz CT molecular complexity index is 754. The summed E-state index contributed by atoms with van der Waals surface area (Å²) in [6.45, 7) is 3.58. The zero-order valence-corrected chi connectivity index (χ0v) is 20.4. The van der Waals surface area contributed by atoms with Crippen LogP contribution in [-0.2, 0) is 14.4 Å². The third kappa shape index (κ3) is 8.43. The minimum atomic E-state index is -0.204. The van der Waals surface area contributed by atoms with Crippen LogP contribution in [0.5, 0.6) is 0 Å². The molecule has 1 aromatic rings. The third-order valence-electron chi connectivity index (χ3n) is 5.67. The minimum absolute atomic E-state index is 0.00421. The molecule has 178 valence electrons. The predicted molar refractivity (Wildman–Crippen MR) is 129 cm³/mol. The van der Waals surface area contributed by atoms with Crippen LogP contribution in [-0.4, -0.2) is 79.4 Å². The van der Waals surface area contributed by atoms with Crippen molar-refractivity contribution < 1.29 is 14.4 Å². The molecule has 0 bridgehead atoms. The Kier molecular flexibility index (Phi) is 11.0. The maximum absolute atomic E-state index is 12.9. The van der Waals surface area contributed by atoms with Gasteiger partial charge in [0.25, 0.3) is 0 Å². The highest BCUT2D eigenvalue weighted by Gasteiger charge is 2.32. The van der Waals surface area contributed by atoms with Crippen LogP contribution in [0.25, 0.3) is 0 Å². The van der Waals surface area contributed by atoms with E-state index in [0.717, 1.165) is 19.3 Å². The van der Waals surface area contributed by atoms with Crippen molar-refractivity contribution in [2.75, 3.05) is 51.8 Å². The standard InChI is InChI=1S/C24H37ClN4O3/c1-4-5-6-7-8-9-10-22(30)27(16-15-26(2)3)17-23(31)28-18-24(32)29(19-28)21-13-11-20(25)12-14-21/h11-14H,4-10,15-19H2,1-3H3. The van der Waals surface area contributed by atoms with Crippen molar-refractivity contribution in [3.63, 3.8) is 0 Å². The molecule has 0 saturated carbocycles. The van der Waals surface area contributed by atoms with E-state index in [1.807, 2.05) is 19.0 Å². The molecule has 1 fully saturated rings. The number of hydrogen-bond acceptors (Lipinski definition) is 4. The first kappa shape index (κ1) is 26.1. The van der Waals surface area contributed by atoms with E-state index in [1.165, 1.54) is 24.2 Å². The van der Waals surface area contributed by atoms with Crippen LogP contribution in [0.15, 0.2) is 24.3 Å². The number of benzene rings is 1. The number of anilines is 1. The van der Waals surface area contributed by atoms with Crippen LogP contribution in [0.2, 0.25) is 5.02 Å². The van der Waals surface area contributed by atoms with Crippen molar-refractivity contribution in [1.82, 2.24) is 14.7 Å². The third-order valence-corrected chi connectivity index (χ3v) is 5.92. The molecular formula is C24H37ClN4O3. The van der Waals surface area contributed by atoms with Crippen LogP contribution in [0.4, 0.5) is 5.69 Å². The summed E-state index contributed by atoms with van der Waals surface area (Å²) in [6.07, 6.45) is 7.14. The van der Waals surface area contributed by atoms with Crippen molar-refractivity contribution in [2.24, 2.45) is 0 Å². The predicted octanol–water partition coefficient (Wildman–Crippen LogP) is 3.61. The van der Waals surface area contributed by atoms with Gasteiger partial charge in [0.15, 0.2) is 0 Å². The fraction of sp³-hybridized carbons (Fsp3) is 0.625. The van der Waals surface area contributed by atoms with Crippen molar-refractivity contribution >= 4 is 35.0 Å². The van der Waals surface area contributed by atoms with E-state index in [1.54, 1.807) is 34.1 Å². The SMILES string of the molecule is CCCCCCCCC(=O)N(CCN(C)C)CC(=O)N1CC(=O)N(c2ccc(Cl)cc2)C1. The smallest absolute Gasteiger partial charge is 0.248 e. The second-order valence-electron chi connectivity index (χ2n) is 8.67. The number of halogens is 1. The molecule has 0 spiro atoms. The Morgan fingerprint density at radius 3 is 2.31 bits per heavy atom. The zero-order chi connectivity index (χ0) is 23.5. The molecular weight excluding hydrogens is 428 g/mol. The fourth-order valence-electron chi connectivity index (χ4n) is 3.65. The second kappa shape index (κ2) is 13.4. The van der Waals surface area contributed by atoms with Gasteiger partial charge in [0.1, 0.15) is 13.2 Å². The van der Waals surface area contributed by atoms with Crippen molar-refractivity contribution in [1.29, 1.82) is 0 Å². The summed E-state index contributed by atoms with van der Waals surface area (Å²) in [5, 5.41) is 0.591. The molecule has 0 radical (unpaired) electrons. The van der Waals surface area contributed by atoms with Gasteiger partial charge < -0.3 is 14.7 Å². The highest BCUT2D eigenvalue weighted by molar-refractivity contribution is 6.30. The van der Waals surface area contributed by atoms with E-state index in [4.69, 9.17) is 11.6 Å². The lowest BCUT2D eigenvalue weighted by Crippen LogP contribution is -2.44. The van der Waals surface area contributed by atoms with Gasteiger partial charge in [0.2, 0.25) is 17.7 Å². The van der Waals surface area contributed by atoms with Gasteiger partial charge in [-0.05, 0) is 44.8 Å². The molecule has 1 aliphatic heterocycles. The minimum Gasteiger partial charge on any atom is -0.332 e. The summed E-state index contributed by atoms with van der Waals surface area (Å²) < 4.78 is 0. The van der Waals surface area contributed by atoms with E-state index in [0.29, 0.717) is 30.2 Å². The van der Waals surface area contributed by atoms with Gasteiger partial charge >= 0.3 is 0 Å². The van der Waals surface area contributed by atoms with E-state index < -0.39 is 0 Å². The second-order valence-corrected chi connectivity index (χ2v) is 9.10. The number of carbonyl (C=O) groups excluding carboxylic acids is 3. The topological polar surface area (TPSA) is 64.2 Å². The van der Waals surface area contributed by atoms with Gasteiger partial charge in [0, 0.05) is 30.2 Å². The molecule has 2 rings (SSSR count). The monoisotopic (exact) mass is 464 g/mol. The van der Waals surface area contributed by atoms with Gasteiger partial charge in [-0.2, -0.15) is 0 Å². The Hall–Kier alpha value is -2.12. The highest BCUT2D eigenvalue weighted by atomic mass is 35.5. The maximum Gasteiger partial charge on any atom is 0.248 e. The van der Waals surface area contributed by atoms with Gasteiger partial charge in [0.05, 0.1) is 6.54 Å². The summed E-state index contributed by atoms with van der Waals surface area (Å²) in [5.41, 5.74) is 0.707. The number of hydrogen-bond donors (Lipinski definition) is 0. The molecule has 0 aromatic heterocycles. The molecule has 0 N–H and O–H groups in total. The number of unbranched alkanes of at least 4 members (excludes halogenated alkanes) is 5. The van der Waals surface area contributed by atoms with E-state index >= 15 is 0 Å². The van der Waals surface area contributed by atoms with Gasteiger partial charge in [-0.3, -0.25) is 19.3 Å². The van der Waals surface area contributed by atoms with Crippen molar-refractivity contribution in [2.45, 2.75) is 51.9 Å².